The standard InChI is InChI=1S/C13H16ClFN2O3/c14-10-7-12(13(17(18)19)8-11(10)15)16-5-6-20-9-3-1-2-4-9/h7-9,16H,1-6H2. The molecular formula is C13H16ClFN2O3. The predicted molar refractivity (Wildman–Crippen MR) is 74.8 cm³/mol. The Labute approximate surface area is 121 Å². The van der Waals surface area contributed by atoms with Crippen molar-refractivity contribution in [3.05, 3.63) is 33.1 Å². The van der Waals surface area contributed by atoms with Gasteiger partial charge in [-0.15, -0.1) is 0 Å². The quantitative estimate of drug-likeness (QED) is 0.494. The number of benzene rings is 1. The Hall–Kier alpha value is -1.40. The molecule has 0 atom stereocenters. The summed E-state index contributed by atoms with van der Waals surface area (Å²) in [6.45, 7) is 0.871. The van der Waals surface area contributed by atoms with Crippen LogP contribution in [0.15, 0.2) is 12.1 Å². The van der Waals surface area contributed by atoms with Crippen molar-refractivity contribution in [3.8, 4) is 0 Å². The third-order valence-electron chi connectivity index (χ3n) is 3.31. The lowest BCUT2D eigenvalue weighted by atomic mass is 10.2. The first-order chi connectivity index (χ1) is 9.58. The Kier molecular flexibility index (Phi) is 5.14. The van der Waals surface area contributed by atoms with E-state index in [0.717, 1.165) is 18.9 Å². The highest BCUT2D eigenvalue weighted by atomic mass is 35.5. The van der Waals surface area contributed by atoms with Gasteiger partial charge in [-0.05, 0) is 18.9 Å². The van der Waals surface area contributed by atoms with E-state index in [2.05, 4.69) is 5.32 Å². The second-order valence-electron chi connectivity index (χ2n) is 4.74. The zero-order valence-corrected chi connectivity index (χ0v) is 11.7. The van der Waals surface area contributed by atoms with Gasteiger partial charge in [-0.3, -0.25) is 10.1 Å². The van der Waals surface area contributed by atoms with Crippen molar-refractivity contribution in [2.75, 3.05) is 18.5 Å². The van der Waals surface area contributed by atoms with Gasteiger partial charge < -0.3 is 10.1 Å². The van der Waals surface area contributed by atoms with E-state index in [-0.39, 0.29) is 16.4 Å². The average Bonchev–Trinajstić information content (AvgIpc) is 2.91. The molecule has 0 aliphatic heterocycles. The van der Waals surface area contributed by atoms with Gasteiger partial charge in [-0.25, -0.2) is 4.39 Å². The molecule has 7 heteroatoms. The molecule has 1 saturated carbocycles. The molecule has 1 aliphatic carbocycles. The van der Waals surface area contributed by atoms with Gasteiger partial charge in [0.25, 0.3) is 5.69 Å². The highest BCUT2D eigenvalue weighted by Gasteiger charge is 2.18. The van der Waals surface area contributed by atoms with Crippen LogP contribution in [-0.4, -0.2) is 24.2 Å². The van der Waals surface area contributed by atoms with Crippen molar-refractivity contribution < 1.29 is 14.1 Å². The van der Waals surface area contributed by atoms with Crippen LogP contribution in [0, 0.1) is 15.9 Å². The maximum absolute atomic E-state index is 13.2. The lowest BCUT2D eigenvalue weighted by molar-refractivity contribution is -0.384. The van der Waals surface area contributed by atoms with E-state index in [1.54, 1.807) is 0 Å². The van der Waals surface area contributed by atoms with Gasteiger partial charge in [0.15, 0.2) is 0 Å². The molecule has 1 N–H and O–H groups in total. The number of hydrogen-bond acceptors (Lipinski definition) is 4. The topological polar surface area (TPSA) is 64.4 Å². The molecule has 0 unspecified atom stereocenters. The molecule has 5 nitrogen and oxygen atoms in total. The van der Waals surface area contributed by atoms with E-state index in [1.165, 1.54) is 18.9 Å². The van der Waals surface area contributed by atoms with Gasteiger partial charge in [0.05, 0.1) is 28.7 Å². The summed E-state index contributed by atoms with van der Waals surface area (Å²) in [6.07, 6.45) is 4.82. The summed E-state index contributed by atoms with van der Waals surface area (Å²) in [4.78, 5) is 10.2. The fourth-order valence-corrected chi connectivity index (χ4v) is 2.46. The molecule has 1 aromatic rings. The maximum atomic E-state index is 13.2. The van der Waals surface area contributed by atoms with Crippen LogP contribution in [0.3, 0.4) is 0 Å². The van der Waals surface area contributed by atoms with Crippen molar-refractivity contribution in [1.29, 1.82) is 0 Å². The van der Waals surface area contributed by atoms with Crippen LogP contribution in [0.1, 0.15) is 25.7 Å². The molecule has 110 valence electrons. The molecule has 20 heavy (non-hydrogen) atoms. The lowest BCUT2D eigenvalue weighted by Gasteiger charge is -2.12. The van der Waals surface area contributed by atoms with Crippen LogP contribution < -0.4 is 5.32 Å². The van der Waals surface area contributed by atoms with Crippen molar-refractivity contribution in [3.63, 3.8) is 0 Å². The largest absolute Gasteiger partial charge is 0.377 e. The van der Waals surface area contributed by atoms with Crippen molar-refractivity contribution in [1.82, 2.24) is 0 Å². The minimum absolute atomic E-state index is 0.144. The number of nitrogens with zero attached hydrogens (tertiary/aromatic N) is 1. The van der Waals surface area contributed by atoms with Gasteiger partial charge in [0, 0.05) is 6.54 Å². The number of ether oxygens (including phenoxy) is 1. The van der Waals surface area contributed by atoms with Crippen molar-refractivity contribution >= 4 is 23.0 Å². The first kappa shape index (κ1) is 15.0. The van der Waals surface area contributed by atoms with Gasteiger partial charge in [-0.2, -0.15) is 0 Å². The molecule has 0 aromatic heterocycles. The Balaban J connectivity index is 1.90. The zero-order chi connectivity index (χ0) is 14.5. The van der Waals surface area contributed by atoms with E-state index >= 15 is 0 Å². The predicted octanol–water partition coefficient (Wildman–Crippen LogP) is 3.76. The Morgan fingerprint density at radius 2 is 2.15 bits per heavy atom. The van der Waals surface area contributed by atoms with Gasteiger partial charge in [-0.1, -0.05) is 24.4 Å². The molecule has 0 amide bonds. The first-order valence-corrected chi connectivity index (χ1v) is 6.94. The number of nitro groups is 1. The van der Waals surface area contributed by atoms with Crippen LogP contribution in [0.25, 0.3) is 0 Å². The zero-order valence-electron chi connectivity index (χ0n) is 10.9. The molecule has 1 aromatic carbocycles. The van der Waals surface area contributed by atoms with E-state index in [4.69, 9.17) is 16.3 Å². The van der Waals surface area contributed by atoms with E-state index in [1.807, 2.05) is 0 Å². The summed E-state index contributed by atoms with van der Waals surface area (Å²) in [7, 11) is 0. The van der Waals surface area contributed by atoms with Crippen LogP contribution in [0.4, 0.5) is 15.8 Å². The summed E-state index contributed by atoms with van der Waals surface area (Å²) in [5.74, 6) is -0.800. The minimum atomic E-state index is -0.800. The second-order valence-corrected chi connectivity index (χ2v) is 5.15. The summed E-state index contributed by atoms with van der Waals surface area (Å²) >= 11 is 5.64. The van der Waals surface area contributed by atoms with Gasteiger partial charge in [0.2, 0.25) is 0 Å². The smallest absolute Gasteiger partial charge is 0.295 e. The molecule has 1 fully saturated rings. The summed E-state index contributed by atoms with van der Waals surface area (Å²) in [5, 5.41) is 13.6. The molecule has 0 saturated heterocycles. The van der Waals surface area contributed by atoms with Crippen LogP contribution in [0.5, 0.6) is 0 Å². The summed E-state index contributed by atoms with van der Waals surface area (Å²) < 4.78 is 18.9. The Bertz CT molecular complexity index is 493. The average molecular weight is 303 g/mol. The second kappa shape index (κ2) is 6.85. The third-order valence-corrected chi connectivity index (χ3v) is 3.60. The maximum Gasteiger partial charge on any atom is 0.295 e. The van der Waals surface area contributed by atoms with Crippen molar-refractivity contribution in [2.24, 2.45) is 0 Å². The third kappa shape index (κ3) is 3.80. The molecule has 1 aliphatic rings. The number of halogens is 2. The number of nitrogens with one attached hydrogen (secondary N) is 1. The number of hydrogen-bond donors (Lipinski definition) is 1. The van der Waals surface area contributed by atoms with Crippen LogP contribution in [0.2, 0.25) is 5.02 Å². The van der Waals surface area contributed by atoms with Crippen LogP contribution >= 0.6 is 11.6 Å². The fourth-order valence-electron chi connectivity index (χ4n) is 2.30. The lowest BCUT2D eigenvalue weighted by Crippen LogP contribution is -2.16. The highest BCUT2D eigenvalue weighted by Crippen LogP contribution is 2.30. The molecular weight excluding hydrogens is 287 g/mol. The molecule has 2 rings (SSSR count). The number of anilines is 1. The minimum Gasteiger partial charge on any atom is -0.377 e. The van der Waals surface area contributed by atoms with Gasteiger partial charge >= 0.3 is 0 Å². The summed E-state index contributed by atoms with van der Waals surface area (Å²) in [5.41, 5.74) is -0.121. The normalized spacial score (nSPS) is 15.5. The Morgan fingerprint density at radius 3 is 2.80 bits per heavy atom. The molecule has 0 spiro atoms. The summed E-state index contributed by atoms with van der Waals surface area (Å²) in [6, 6.07) is 2.05. The first-order valence-electron chi connectivity index (χ1n) is 6.57. The number of rotatable bonds is 6. The van der Waals surface area contributed by atoms with E-state index in [9.17, 15) is 14.5 Å². The highest BCUT2D eigenvalue weighted by molar-refractivity contribution is 6.31. The van der Waals surface area contributed by atoms with Gasteiger partial charge in [0.1, 0.15) is 11.5 Å². The van der Waals surface area contributed by atoms with Crippen LogP contribution in [-0.2, 0) is 4.74 Å². The van der Waals surface area contributed by atoms with E-state index in [0.29, 0.717) is 19.3 Å². The fraction of sp³-hybridized carbons (Fsp3) is 0.538. The molecule has 0 heterocycles. The van der Waals surface area contributed by atoms with Crippen molar-refractivity contribution in [2.45, 2.75) is 31.8 Å². The monoisotopic (exact) mass is 302 g/mol. The molecule has 0 bridgehead atoms. The number of nitro benzene ring substituents is 1. The van der Waals surface area contributed by atoms with E-state index < -0.39 is 10.7 Å². The SMILES string of the molecule is O=[N+]([O-])c1cc(F)c(Cl)cc1NCCOC1CCCC1. The molecule has 0 radical (unpaired) electrons. The Morgan fingerprint density at radius 1 is 1.45 bits per heavy atom.